The van der Waals surface area contributed by atoms with Gasteiger partial charge in [0.25, 0.3) is 0 Å². The quantitative estimate of drug-likeness (QED) is 0.889. The molecule has 1 aliphatic rings. The fourth-order valence-corrected chi connectivity index (χ4v) is 3.04. The highest BCUT2D eigenvalue weighted by Gasteiger charge is 2.34. The molecule has 1 N–H and O–H groups in total. The molecule has 112 valence electrons. The van der Waals surface area contributed by atoms with Crippen molar-refractivity contribution >= 4 is 0 Å². The zero-order valence-corrected chi connectivity index (χ0v) is 13.0. The zero-order valence-electron chi connectivity index (χ0n) is 13.0. The third-order valence-corrected chi connectivity index (χ3v) is 4.86. The Morgan fingerprint density at radius 1 is 1.25 bits per heavy atom. The minimum absolute atomic E-state index is 0.153. The molecule has 1 fully saturated rings. The number of nitrogens with one attached hydrogen (secondary N) is 1. The number of piperazine rings is 1. The van der Waals surface area contributed by atoms with Crippen molar-refractivity contribution in [3.63, 3.8) is 0 Å². The van der Waals surface area contributed by atoms with E-state index in [0.717, 1.165) is 26.1 Å². The SMILES string of the molecule is CCC1(CC)CN(CCc2ccc(F)cc2)C(C)CN1. The lowest BCUT2D eigenvalue weighted by molar-refractivity contribution is 0.0819. The van der Waals surface area contributed by atoms with Crippen LogP contribution in [0, 0.1) is 5.82 Å². The first-order valence-electron chi connectivity index (χ1n) is 7.82. The highest BCUT2D eigenvalue weighted by atomic mass is 19.1. The van der Waals surface area contributed by atoms with Crippen LogP contribution in [0.4, 0.5) is 4.39 Å². The summed E-state index contributed by atoms with van der Waals surface area (Å²) in [6.07, 6.45) is 3.33. The van der Waals surface area contributed by atoms with Crippen LogP contribution in [-0.4, -0.2) is 36.1 Å². The Morgan fingerprint density at radius 3 is 2.50 bits per heavy atom. The Bertz CT molecular complexity index is 412. The summed E-state index contributed by atoms with van der Waals surface area (Å²) in [7, 11) is 0. The molecular formula is C17H27FN2. The first kappa shape index (κ1) is 15.5. The second-order valence-corrected chi connectivity index (χ2v) is 6.06. The summed E-state index contributed by atoms with van der Waals surface area (Å²) < 4.78 is 12.9. The van der Waals surface area contributed by atoms with Crippen LogP contribution in [0.15, 0.2) is 24.3 Å². The molecule has 1 aromatic rings. The predicted molar refractivity (Wildman–Crippen MR) is 82.5 cm³/mol. The van der Waals surface area contributed by atoms with Gasteiger partial charge in [-0.1, -0.05) is 26.0 Å². The smallest absolute Gasteiger partial charge is 0.123 e. The van der Waals surface area contributed by atoms with Gasteiger partial charge in [0.05, 0.1) is 0 Å². The van der Waals surface area contributed by atoms with Gasteiger partial charge < -0.3 is 5.32 Å². The molecule has 1 aliphatic heterocycles. The van der Waals surface area contributed by atoms with Crippen LogP contribution >= 0.6 is 0 Å². The minimum Gasteiger partial charge on any atom is -0.308 e. The van der Waals surface area contributed by atoms with E-state index in [2.05, 4.69) is 31.0 Å². The number of benzene rings is 1. The van der Waals surface area contributed by atoms with Crippen molar-refractivity contribution in [3.05, 3.63) is 35.6 Å². The van der Waals surface area contributed by atoms with Gasteiger partial charge in [-0.2, -0.15) is 0 Å². The average Bonchev–Trinajstić information content (AvgIpc) is 2.48. The lowest BCUT2D eigenvalue weighted by Gasteiger charge is -2.46. The molecule has 1 aromatic carbocycles. The lowest BCUT2D eigenvalue weighted by Crippen LogP contribution is -2.63. The Labute approximate surface area is 122 Å². The summed E-state index contributed by atoms with van der Waals surface area (Å²) in [5, 5.41) is 3.73. The van der Waals surface area contributed by atoms with E-state index >= 15 is 0 Å². The summed E-state index contributed by atoms with van der Waals surface area (Å²) in [5.74, 6) is -0.153. The van der Waals surface area contributed by atoms with E-state index in [1.165, 1.54) is 18.4 Å². The molecule has 0 amide bonds. The van der Waals surface area contributed by atoms with Gasteiger partial charge >= 0.3 is 0 Å². The van der Waals surface area contributed by atoms with Crippen molar-refractivity contribution in [1.82, 2.24) is 10.2 Å². The number of hydrogen-bond acceptors (Lipinski definition) is 2. The van der Waals surface area contributed by atoms with Crippen molar-refractivity contribution in [2.75, 3.05) is 19.6 Å². The summed E-state index contributed by atoms with van der Waals surface area (Å²) in [6, 6.07) is 7.48. The lowest BCUT2D eigenvalue weighted by atomic mass is 9.88. The van der Waals surface area contributed by atoms with Crippen molar-refractivity contribution in [1.29, 1.82) is 0 Å². The van der Waals surface area contributed by atoms with E-state index in [1.54, 1.807) is 12.1 Å². The molecule has 0 spiro atoms. The molecule has 0 saturated carbocycles. The fraction of sp³-hybridized carbons (Fsp3) is 0.647. The first-order chi connectivity index (χ1) is 9.58. The van der Waals surface area contributed by atoms with E-state index < -0.39 is 0 Å². The summed E-state index contributed by atoms with van der Waals surface area (Å²) in [4.78, 5) is 2.58. The topological polar surface area (TPSA) is 15.3 Å². The number of hydrogen-bond donors (Lipinski definition) is 1. The second-order valence-electron chi connectivity index (χ2n) is 6.06. The van der Waals surface area contributed by atoms with Crippen LogP contribution in [0.5, 0.6) is 0 Å². The third kappa shape index (κ3) is 3.58. The van der Waals surface area contributed by atoms with Crippen LogP contribution in [0.1, 0.15) is 39.2 Å². The summed E-state index contributed by atoms with van der Waals surface area (Å²) >= 11 is 0. The van der Waals surface area contributed by atoms with Crippen LogP contribution < -0.4 is 5.32 Å². The summed E-state index contributed by atoms with van der Waals surface area (Å²) in [6.45, 7) is 10.0. The Morgan fingerprint density at radius 2 is 1.90 bits per heavy atom. The largest absolute Gasteiger partial charge is 0.308 e. The van der Waals surface area contributed by atoms with Gasteiger partial charge in [0.15, 0.2) is 0 Å². The monoisotopic (exact) mass is 278 g/mol. The maximum atomic E-state index is 12.9. The predicted octanol–water partition coefficient (Wildman–Crippen LogP) is 3.22. The highest BCUT2D eigenvalue weighted by molar-refractivity contribution is 5.16. The normalized spacial score (nSPS) is 22.9. The molecular weight excluding hydrogens is 251 g/mol. The zero-order chi connectivity index (χ0) is 14.6. The van der Waals surface area contributed by atoms with Gasteiger partial charge in [0, 0.05) is 31.2 Å². The van der Waals surface area contributed by atoms with Gasteiger partial charge in [-0.15, -0.1) is 0 Å². The van der Waals surface area contributed by atoms with E-state index in [0.29, 0.717) is 6.04 Å². The van der Waals surface area contributed by atoms with Gasteiger partial charge in [0.1, 0.15) is 5.82 Å². The van der Waals surface area contributed by atoms with E-state index in [-0.39, 0.29) is 11.4 Å². The maximum absolute atomic E-state index is 12.9. The van der Waals surface area contributed by atoms with Gasteiger partial charge in [-0.3, -0.25) is 4.90 Å². The maximum Gasteiger partial charge on any atom is 0.123 e. The molecule has 1 heterocycles. The molecule has 0 aromatic heterocycles. The van der Waals surface area contributed by atoms with Crippen LogP contribution in [-0.2, 0) is 6.42 Å². The van der Waals surface area contributed by atoms with Crippen LogP contribution in [0.2, 0.25) is 0 Å². The Hall–Kier alpha value is -0.930. The summed E-state index contributed by atoms with van der Waals surface area (Å²) in [5.41, 5.74) is 1.49. The Kier molecular flexibility index (Phi) is 5.17. The van der Waals surface area contributed by atoms with Crippen LogP contribution in [0.25, 0.3) is 0 Å². The first-order valence-corrected chi connectivity index (χ1v) is 7.82. The molecule has 2 rings (SSSR count). The highest BCUT2D eigenvalue weighted by Crippen LogP contribution is 2.22. The van der Waals surface area contributed by atoms with Gasteiger partial charge in [0.2, 0.25) is 0 Å². The minimum atomic E-state index is -0.153. The third-order valence-electron chi connectivity index (χ3n) is 4.86. The van der Waals surface area contributed by atoms with Crippen molar-refractivity contribution < 1.29 is 4.39 Å². The molecule has 0 aliphatic carbocycles. The molecule has 20 heavy (non-hydrogen) atoms. The van der Waals surface area contributed by atoms with E-state index in [9.17, 15) is 4.39 Å². The molecule has 2 nitrogen and oxygen atoms in total. The number of halogens is 1. The van der Waals surface area contributed by atoms with Crippen LogP contribution in [0.3, 0.4) is 0 Å². The second kappa shape index (κ2) is 6.68. The number of rotatable bonds is 5. The molecule has 1 atom stereocenters. The standard InChI is InChI=1S/C17H27FN2/c1-4-17(5-2)13-20(14(3)12-19-17)11-10-15-6-8-16(18)9-7-15/h6-9,14,19H,4-5,10-13H2,1-3H3. The van der Waals surface area contributed by atoms with Gasteiger partial charge in [-0.25, -0.2) is 4.39 Å². The van der Waals surface area contributed by atoms with Crippen molar-refractivity contribution in [2.24, 2.45) is 0 Å². The molecule has 0 radical (unpaired) electrons. The Balaban J connectivity index is 1.94. The average molecular weight is 278 g/mol. The molecule has 3 heteroatoms. The van der Waals surface area contributed by atoms with Crippen molar-refractivity contribution in [3.8, 4) is 0 Å². The molecule has 0 bridgehead atoms. The van der Waals surface area contributed by atoms with E-state index in [4.69, 9.17) is 0 Å². The fourth-order valence-electron chi connectivity index (χ4n) is 3.04. The molecule has 1 saturated heterocycles. The van der Waals surface area contributed by atoms with Gasteiger partial charge in [-0.05, 0) is 43.9 Å². The number of nitrogens with zero attached hydrogens (tertiary/aromatic N) is 1. The molecule has 1 unspecified atom stereocenters. The van der Waals surface area contributed by atoms with Crippen molar-refractivity contribution in [2.45, 2.75) is 51.6 Å². The van der Waals surface area contributed by atoms with E-state index in [1.807, 2.05) is 12.1 Å².